The van der Waals surface area contributed by atoms with Crippen LogP contribution in [0.2, 0.25) is 0 Å². The van der Waals surface area contributed by atoms with Crippen molar-refractivity contribution < 1.29 is 9.47 Å². The first-order valence-corrected chi connectivity index (χ1v) is 6.74. The average Bonchev–Trinajstić information content (AvgIpc) is 2.39. The zero-order valence-electron chi connectivity index (χ0n) is 10.6. The van der Waals surface area contributed by atoms with Crippen LogP contribution in [0.5, 0.6) is 0 Å². The third kappa shape index (κ3) is 2.88. The van der Waals surface area contributed by atoms with Crippen LogP contribution in [0.1, 0.15) is 18.0 Å². The van der Waals surface area contributed by atoms with Crippen LogP contribution in [0, 0.1) is 0 Å². The van der Waals surface area contributed by atoms with Crippen LogP contribution in [0.4, 0.5) is 0 Å². The van der Waals surface area contributed by atoms with Crippen molar-refractivity contribution in [2.24, 2.45) is 0 Å². The Morgan fingerprint density at radius 2 is 2.22 bits per heavy atom. The van der Waals surface area contributed by atoms with Gasteiger partial charge in [0, 0.05) is 37.4 Å². The lowest BCUT2D eigenvalue weighted by molar-refractivity contribution is -0.0941. The SMILES string of the molecule is c1ccc(C2CN(CCC3COCCO3)C2)nc1. The minimum atomic E-state index is 0.299. The average molecular weight is 248 g/mol. The maximum Gasteiger partial charge on any atom is 0.0821 e. The van der Waals surface area contributed by atoms with Gasteiger partial charge in [-0.1, -0.05) is 6.07 Å². The molecule has 1 aromatic rings. The summed E-state index contributed by atoms with van der Waals surface area (Å²) < 4.78 is 11.0. The molecular weight excluding hydrogens is 228 g/mol. The molecule has 4 heteroatoms. The van der Waals surface area contributed by atoms with Gasteiger partial charge in [0.2, 0.25) is 0 Å². The van der Waals surface area contributed by atoms with Crippen molar-refractivity contribution in [3.8, 4) is 0 Å². The molecule has 0 spiro atoms. The van der Waals surface area contributed by atoms with Crippen molar-refractivity contribution in [2.45, 2.75) is 18.4 Å². The minimum absolute atomic E-state index is 0.299. The Hall–Kier alpha value is -0.970. The highest BCUT2D eigenvalue weighted by Crippen LogP contribution is 2.25. The van der Waals surface area contributed by atoms with Crippen LogP contribution in [0.25, 0.3) is 0 Å². The number of ether oxygens (including phenoxy) is 2. The molecule has 0 bridgehead atoms. The van der Waals surface area contributed by atoms with Gasteiger partial charge in [-0.25, -0.2) is 0 Å². The summed E-state index contributed by atoms with van der Waals surface area (Å²) in [6.45, 7) is 5.63. The molecule has 3 rings (SSSR count). The Morgan fingerprint density at radius 1 is 1.28 bits per heavy atom. The summed E-state index contributed by atoms with van der Waals surface area (Å²) in [4.78, 5) is 6.88. The van der Waals surface area contributed by atoms with Crippen molar-refractivity contribution in [1.82, 2.24) is 9.88 Å². The monoisotopic (exact) mass is 248 g/mol. The fraction of sp³-hybridized carbons (Fsp3) is 0.643. The van der Waals surface area contributed by atoms with Gasteiger partial charge in [0.15, 0.2) is 0 Å². The number of likely N-dealkylation sites (tertiary alicyclic amines) is 1. The summed E-state index contributed by atoms with van der Waals surface area (Å²) in [5, 5.41) is 0. The third-order valence-electron chi connectivity index (χ3n) is 3.72. The van der Waals surface area contributed by atoms with E-state index in [1.54, 1.807) is 0 Å². The molecule has 2 aliphatic heterocycles. The molecule has 0 saturated carbocycles. The molecule has 0 amide bonds. The van der Waals surface area contributed by atoms with E-state index in [9.17, 15) is 0 Å². The molecule has 2 saturated heterocycles. The molecule has 0 aromatic carbocycles. The lowest BCUT2D eigenvalue weighted by atomic mass is 9.95. The largest absolute Gasteiger partial charge is 0.376 e. The highest BCUT2D eigenvalue weighted by Gasteiger charge is 2.29. The number of nitrogens with zero attached hydrogens (tertiary/aromatic N) is 2. The van der Waals surface area contributed by atoms with Gasteiger partial charge >= 0.3 is 0 Å². The van der Waals surface area contributed by atoms with Gasteiger partial charge in [-0.05, 0) is 18.6 Å². The minimum Gasteiger partial charge on any atom is -0.376 e. The summed E-state index contributed by atoms with van der Waals surface area (Å²) in [5.74, 6) is 0.620. The van der Waals surface area contributed by atoms with E-state index in [1.807, 2.05) is 12.3 Å². The molecule has 1 atom stereocenters. The van der Waals surface area contributed by atoms with E-state index in [4.69, 9.17) is 9.47 Å². The molecule has 1 aromatic heterocycles. The second-order valence-electron chi connectivity index (χ2n) is 5.07. The number of hydrogen-bond acceptors (Lipinski definition) is 4. The molecule has 1 unspecified atom stereocenters. The van der Waals surface area contributed by atoms with Gasteiger partial charge in [-0.3, -0.25) is 4.98 Å². The maximum atomic E-state index is 5.64. The quantitative estimate of drug-likeness (QED) is 0.804. The Balaban J connectivity index is 1.37. The molecule has 18 heavy (non-hydrogen) atoms. The Morgan fingerprint density at radius 3 is 2.94 bits per heavy atom. The van der Waals surface area contributed by atoms with E-state index in [0.29, 0.717) is 12.0 Å². The highest BCUT2D eigenvalue weighted by atomic mass is 16.6. The van der Waals surface area contributed by atoms with E-state index >= 15 is 0 Å². The predicted octanol–water partition coefficient (Wildman–Crippen LogP) is 1.29. The van der Waals surface area contributed by atoms with Crippen LogP contribution < -0.4 is 0 Å². The van der Waals surface area contributed by atoms with E-state index in [2.05, 4.69) is 22.0 Å². The first kappa shape index (κ1) is 12.1. The molecule has 98 valence electrons. The Bertz CT molecular complexity index is 359. The van der Waals surface area contributed by atoms with Gasteiger partial charge in [0.25, 0.3) is 0 Å². The normalized spacial score (nSPS) is 25.9. The number of rotatable bonds is 4. The summed E-state index contributed by atoms with van der Waals surface area (Å²) in [7, 11) is 0. The number of pyridine rings is 1. The van der Waals surface area contributed by atoms with Crippen molar-refractivity contribution in [2.75, 3.05) is 39.5 Å². The molecule has 2 fully saturated rings. The molecule has 3 heterocycles. The Labute approximate surface area is 108 Å². The molecular formula is C14H20N2O2. The van der Waals surface area contributed by atoms with Crippen LogP contribution in [0.15, 0.2) is 24.4 Å². The fourth-order valence-corrected chi connectivity index (χ4v) is 2.59. The summed E-state index contributed by atoms with van der Waals surface area (Å²) >= 11 is 0. The number of hydrogen-bond donors (Lipinski definition) is 0. The van der Waals surface area contributed by atoms with Gasteiger partial charge in [-0.15, -0.1) is 0 Å². The number of aromatic nitrogens is 1. The van der Waals surface area contributed by atoms with Crippen LogP contribution in [-0.4, -0.2) is 55.4 Å². The summed E-state index contributed by atoms with van der Waals surface area (Å²) in [6, 6.07) is 6.17. The second-order valence-corrected chi connectivity index (χ2v) is 5.07. The van der Waals surface area contributed by atoms with Gasteiger partial charge in [0.1, 0.15) is 0 Å². The van der Waals surface area contributed by atoms with Crippen molar-refractivity contribution >= 4 is 0 Å². The van der Waals surface area contributed by atoms with Crippen LogP contribution in [-0.2, 0) is 9.47 Å². The first-order chi connectivity index (χ1) is 8.92. The van der Waals surface area contributed by atoms with E-state index in [0.717, 1.165) is 45.9 Å². The van der Waals surface area contributed by atoms with Crippen LogP contribution in [0.3, 0.4) is 0 Å². The first-order valence-electron chi connectivity index (χ1n) is 6.74. The molecule has 4 nitrogen and oxygen atoms in total. The van der Waals surface area contributed by atoms with E-state index < -0.39 is 0 Å². The maximum absolute atomic E-state index is 5.64. The van der Waals surface area contributed by atoms with Gasteiger partial charge < -0.3 is 14.4 Å². The van der Waals surface area contributed by atoms with Crippen molar-refractivity contribution in [1.29, 1.82) is 0 Å². The van der Waals surface area contributed by atoms with E-state index in [-0.39, 0.29) is 0 Å². The van der Waals surface area contributed by atoms with E-state index in [1.165, 1.54) is 5.69 Å². The fourth-order valence-electron chi connectivity index (χ4n) is 2.59. The smallest absolute Gasteiger partial charge is 0.0821 e. The molecule has 2 aliphatic rings. The molecule has 0 N–H and O–H groups in total. The zero-order valence-corrected chi connectivity index (χ0v) is 10.6. The molecule has 0 radical (unpaired) electrons. The lowest BCUT2D eigenvalue weighted by Gasteiger charge is -2.39. The third-order valence-corrected chi connectivity index (χ3v) is 3.72. The second kappa shape index (κ2) is 5.78. The summed E-state index contributed by atoms with van der Waals surface area (Å²) in [5.41, 5.74) is 1.23. The zero-order chi connectivity index (χ0) is 12.2. The van der Waals surface area contributed by atoms with Gasteiger partial charge in [-0.2, -0.15) is 0 Å². The lowest BCUT2D eigenvalue weighted by Crippen LogP contribution is -2.46. The topological polar surface area (TPSA) is 34.6 Å². The van der Waals surface area contributed by atoms with Crippen LogP contribution >= 0.6 is 0 Å². The van der Waals surface area contributed by atoms with Gasteiger partial charge in [0.05, 0.1) is 25.9 Å². The Kier molecular flexibility index (Phi) is 3.88. The molecule has 0 aliphatic carbocycles. The summed E-state index contributed by atoms with van der Waals surface area (Å²) in [6.07, 6.45) is 3.26. The van der Waals surface area contributed by atoms with Crippen molar-refractivity contribution in [3.05, 3.63) is 30.1 Å². The standard InChI is InChI=1S/C14H20N2O2/c1-2-5-15-14(3-1)12-9-16(10-12)6-4-13-11-17-7-8-18-13/h1-3,5,12-13H,4,6-11H2. The predicted molar refractivity (Wildman–Crippen MR) is 68.6 cm³/mol. The highest BCUT2D eigenvalue weighted by molar-refractivity contribution is 5.13. The van der Waals surface area contributed by atoms with Crippen molar-refractivity contribution in [3.63, 3.8) is 0 Å².